The van der Waals surface area contributed by atoms with Crippen LogP contribution in [0.1, 0.15) is 19.8 Å². The third-order valence-electron chi connectivity index (χ3n) is 6.18. The average Bonchev–Trinajstić information content (AvgIpc) is 3.65. The summed E-state index contributed by atoms with van der Waals surface area (Å²) in [6.07, 6.45) is 3.11. The maximum absolute atomic E-state index is 13.3. The third kappa shape index (κ3) is 5.49. The maximum atomic E-state index is 13.3. The fourth-order valence-electron chi connectivity index (χ4n) is 3.94. The van der Waals surface area contributed by atoms with E-state index in [1.807, 2.05) is 30.3 Å². The molecule has 192 valence electrons. The van der Waals surface area contributed by atoms with Crippen molar-refractivity contribution in [3.05, 3.63) is 70.2 Å². The highest BCUT2D eigenvalue weighted by Crippen LogP contribution is 2.36. The van der Waals surface area contributed by atoms with Crippen molar-refractivity contribution in [1.82, 2.24) is 9.55 Å². The Balaban J connectivity index is 1.39. The van der Waals surface area contributed by atoms with E-state index in [2.05, 4.69) is 4.98 Å². The Morgan fingerprint density at radius 1 is 1.19 bits per heavy atom. The van der Waals surface area contributed by atoms with Crippen molar-refractivity contribution in [2.45, 2.75) is 31.9 Å². The summed E-state index contributed by atoms with van der Waals surface area (Å²) in [4.78, 5) is 30.8. The highest BCUT2D eigenvalue weighted by molar-refractivity contribution is 7.22. The lowest BCUT2D eigenvalue weighted by molar-refractivity contribution is -0.153. The van der Waals surface area contributed by atoms with Crippen LogP contribution in [-0.2, 0) is 9.53 Å². The minimum Gasteiger partial charge on any atom is -0.493 e. The Hall–Kier alpha value is -3.40. The molecule has 10 heteroatoms. The first-order chi connectivity index (χ1) is 17.8. The van der Waals surface area contributed by atoms with Gasteiger partial charge in [-0.3, -0.25) is 14.2 Å². The van der Waals surface area contributed by atoms with E-state index in [0.717, 1.165) is 23.3 Å². The van der Waals surface area contributed by atoms with E-state index < -0.39 is 12.0 Å². The number of ether oxygens (including phenoxy) is 3. The molecule has 2 aromatic heterocycles. The summed E-state index contributed by atoms with van der Waals surface area (Å²) in [6, 6.07) is 13.9. The molecule has 2 atom stereocenters. The molecular weight excluding hydrogens is 514 g/mol. The number of halogens is 1. The highest BCUT2D eigenvalue weighted by atomic mass is 35.5. The van der Waals surface area contributed by atoms with Crippen LogP contribution in [0, 0.1) is 5.92 Å². The molecule has 0 unspecified atom stereocenters. The molecule has 1 fully saturated rings. The van der Waals surface area contributed by atoms with Gasteiger partial charge in [0, 0.05) is 16.0 Å². The number of esters is 1. The van der Waals surface area contributed by atoms with Crippen molar-refractivity contribution in [1.29, 1.82) is 0 Å². The third-order valence-corrected chi connectivity index (χ3v) is 7.60. The summed E-state index contributed by atoms with van der Waals surface area (Å²) < 4.78 is 19.1. The monoisotopic (exact) mass is 539 g/mol. The number of rotatable bonds is 9. The maximum Gasteiger partial charge on any atom is 0.323 e. The Labute approximate surface area is 222 Å². The predicted molar refractivity (Wildman–Crippen MR) is 144 cm³/mol. The van der Waals surface area contributed by atoms with E-state index in [1.54, 1.807) is 25.1 Å². The van der Waals surface area contributed by atoms with Gasteiger partial charge in [0.25, 0.3) is 5.56 Å². The molecule has 5 rings (SSSR count). The van der Waals surface area contributed by atoms with Gasteiger partial charge in [0.05, 0.1) is 18.3 Å². The molecule has 1 saturated carbocycles. The summed E-state index contributed by atoms with van der Waals surface area (Å²) >= 11 is 7.39. The van der Waals surface area contributed by atoms with Gasteiger partial charge in [-0.25, -0.2) is 4.98 Å². The number of nitrogens with two attached hydrogens (primary N) is 1. The summed E-state index contributed by atoms with van der Waals surface area (Å²) in [7, 11) is 1.53. The Morgan fingerprint density at radius 2 is 1.95 bits per heavy atom. The Morgan fingerprint density at radius 3 is 2.62 bits per heavy atom. The summed E-state index contributed by atoms with van der Waals surface area (Å²) in [5.41, 5.74) is 7.66. The largest absolute Gasteiger partial charge is 0.493 e. The smallest absolute Gasteiger partial charge is 0.323 e. The second kappa shape index (κ2) is 10.5. The molecule has 4 aromatic rings. The molecule has 0 saturated heterocycles. The Bertz CT molecular complexity index is 1490. The van der Waals surface area contributed by atoms with Crippen molar-refractivity contribution < 1.29 is 19.0 Å². The van der Waals surface area contributed by atoms with Crippen LogP contribution in [0.3, 0.4) is 0 Å². The molecule has 2 N–H and O–H groups in total. The van der Waals surface area contributed by atoms with Gasteiger partial charge in [-0.05, 0) is 61.6 Å². The number of nitrogens with zero attached hydrogens (tertiary/aromatic N) is 2. The molecule has 1 aliphatic carbocycles. The van der Waals surface area contributed by atoms with E-state index in [4.69, 9.17) is 31.5 Å². The summed E-state index contributed by atoms with van der Waals surface area (Å²) in [5, 5.41) is 0.654. The van der Waals surface area contributed by atoms with Crippen LogP contribution in [0.4, 0.5) is 0 Å². The molecule has 2 aromatic carbocycles. The molecule has 37 heavy (non-hydrogen) atoms. The van der Waals surface area contributed by atoms with Gasteiger partial charge in [0.1, 0.15) is 29.8 Å². The molecule has 1 aliphatic rings. The molecule has 8 nitrogen and oxygen atoms in total. The van der Waals surface area contributed by atoms with Gasteiger partial charge in [-0.2, -0.15) is 0 Å². The quantitative estimate of drug-likeness (QED) is 0.304. The molecule has 2 heterocycles. The first kappa shape index (κ1) is 25.3. The number of thiophene rings is 1. The van der Waals surface area contributed by atoms with Gasteiger partial charge in [0.15, 0.2) is 11.5 Å². The van der Waals surface area contributed by atoms with Crippen LogP contribution >= 0.6 is 22.9 Å². The van der Waals surface area contributed by atoms with Crippen molar-refractivity contribution in [3.8, 4) is 27.6 Å². The number of fused-ring (bicyclic) bond motifs is 1. The van der Waals surface area contributed by atoms with Crippen LogP contribution in [0.25, 0.3) is 26.3 Å². The molecule has 0 radical (unpaired) electrons. The highest BCUT2D eigenvalue weighted by Gasteiger charge is 2.35. The minimum absolute atomic E-state index is 0.178. The Kier molecular flexibility index (Phi) is 7.19. The number of hydrogen-bond acceptors (Lipinski definition) is 8. The molecule has 0 bridgehead atoms. The fourth-order valence-corrected chi connectivity index (χ4v) is 5.11. The first-order valence-corrected chi connectivity index (χ1v) is 13.1. The molecule has 0 amide bonds. The van der Waals surface area contributed by atoms with Crippen LogP contribution in [0.15, 0.2) is 59.7 Å². The zero-order chi connectivity index (χ0) is 26.1. The van der Waals surface area contributed by atoms with Crippen LogP contribution in [-0.4, -0.2) is 41.4 Å². The van der Waals surface area contributed by atoms with Gasteiger partial charge in [-0.1, -0.05) is 23.7 Å². The van der Waals surface area contributed by atoms with Gasteiger partial charge in [0.2, 0.25) is 0 Å². The van der Waals surface area contributed by atoms with E-state index in [0.29, 0.717) is 32.4 Å². The van der Waals surface area contributed by atoms with Crippen molar-refractivity contribution in [2.75, 3.05) is 13.7 Å². The van der Waals surface area contributed by atoms with Crippen LogP contribution in [0.5, 0.6) is 11.5 Å². The van der Waals surface area contributed by atoms with E-state index in [9.17, 15) is 9.59 Å². The zero-order valence-corrected chi connectivity index (χ0v) is 21.9. The first-order valence-electron chi connectivity index (χ1n) is 11.9. The van der Waals surface area contributed by atoms with Gasteiger partial charge < -0.3 is 19.9 Å². The minimum atomic E-state index is -0.690. The molecule has 0 aliphatic heterocycles. The standard InChI is InChI=1S/C27H26ClN3O5S/c1-15(29)27(33)36-23(16-3-4-16)13-35-21-10-9-19(11-22(21)34-2)31-14-30-20-12-24(37-25(20)26(31)32)17-5-7-18(28)8-6-17/h5-12,14-16,23H,3-4,13,29H2,1-2H3/t15-,23-/m1/s1. The van der Waals surface area contributed by atoms with Crippen molar-refractivity contribution in [2.24, 2.45) is 11.7 Å². The number of hydrogen-bond donors (Lipinski definition) is 1. The second-order valence-corrected chi connectivity index (χ2v) is 10.5. The lowest BCUT2D eigenvalue weighted by Gasteiger charge is -2.20. The van der Waals surface area contributed by atoms with E-state index in [1.165, 1.54) is 29.3 Å². The molecular formula is C27H26ClN3O5S. The van der Waals surface area contributed by atoms with E-state index >= 15 is 0 Å². The van der Waals surface area contributed by atoms with Crippen molar-refractivity contribution >= 4 is 39.1 Å². The second-order valence-electron chi connectivity index (χ2n) is 9.00. The fraction of sp³-hybridized carbons (Fsp3) is 0.296. The summed E-state index contributed by atoms with van der Waals surface area (Å²) in [5.74, 6) is 0.758. The number of carbonyl (C=O) groups is 1. The SMILES string of the molecule is COc1cc(-n2cnc3cc(-c4ccc(Cl)cc4)sc3c2=O)ccc1OC[C@@H](OC(=O)[C@@H](C)N)C1CC1. The normalized spacial score (nSPS) is 14.8. The number of benzene rings is 2. The lowest BCUT2D eigenvalue weighted by atomic mass is 10.2. The van der Waals surface area contributed by atoms with Crippen LogP contribution < -0.4 is 20.8 Å². The summed E-state index contributed by atoms with van der Waals surface area (Å²) in [6.45, 7) is 1.78. The van der Waals surface area contributed by atoms with Gasteiger partial charge >= 0.3 is 5.97 Å². The number of carbonyl (C=O) groups excluding carboxylic acids is 1. The lowest BCUT2D eigenvalue weighted by Crippen LogP contribution is -2.35. The topological polar surface area (TPSA) is 106 Å². The number of methoxy groups -OCH3 is 1. The predicted octanol–water partition coefficient (Wildman–Crippen LogP) is 4.82. The van der Waals surface area contributed by atoms with Gasteiger partial charge in [-0.15, -0.1) is 11.3 Å². The van der Waals surface area contributed by atoms with Crippen molar-refractivity contribution in [3.63, 3.8) is 0 Å². The molecule has 0 spiro atoms. The average molecular weight is 540 g/mol. The zero-order valence-electron chi connectivity index (χ0n) is 20.3. The number of aromatic nitrogens is 2. The van der Waals surface area contributed by atoms with Crippen LogP contribution in [0.2, 0.25) is 5.02 Å². The van der Waals surface area contributed by atoms with E-state index in [-0.39, 0.29) is 24.2 Å².